The van der Waals surface area contributed by atoms with Crippen molar-refractivity contribution >= 4 is 22.6 Å². The number of aromatic amines is 1. The van der Waals surface area contributed by atoms with Gasteiger partial charge in [-0.05, 0) is 36.8 Å². The fraction of sp³-hybridized carbons (Fsp3) is 0.136. The van der Waals surface area contributed by atoms with Crippen LogP contribution >= 0.6 is 0 Å². The highest BCUT2D eigenvalue weighted by molar-refractivity contribution is 6.09. The minimum Gasteiger partial charge on any atom is -0.506 e. The topological polar surface area (TPSA) is 118 Å². The zero-order chi connectivity index (χ0) is 22.1. The van der Waals surface area contributed by atoms with E-state index in [2.05, 4.69) is 15.4 Å². The van der Waals surface area contributed by atoms with Gasteiger partial charge in [0.1, 0.15) is 28.5 Å². The number of nitrogens with one attached hydrogen (secondary N) is 2. The first-order chi connectivity index (χ1) is 14.9. The summed E-state index contributed by atoms with van der Waals surface area (Å²) in [4.78, 5) is 28.3. The molecule has 2 heterocycles. The van der Waals surface area contributed by atoms with Crippen LogP contribution in [0.3, 0.4) is 0 Å². The smallest absolute Gasteiger partial charge is 0.266 e. The maximum Gasteiger partial charge on any atom is 0.266 e. The van der Waals surface area contributed by atoms with Crippen molar-refractivity contribution in [1.82, 2.24) is 14.8 Å². The van der Waals surface area contributed by atoms with Gasteiger partial charge < -0.3 is 24.9 Å². The summed E-state index contributed by atoms with van der Waals surface area (Å²) >= 11 is 0. The lowest BCUT2D eigenvalue weighted by molar-refractivity contribution is 0.102. The summed E-state index contributed by atoms with van der Waals surface area (Å²) in [6, 6.07) is 12.3. The number of anilines is 1. The van der Waals surface area contributed by atoms with Gasteiger partial charge in [-0.25, -0.2) is 4.68 Å². The molecule has 0 saturated heterocycles. The molecule has 0 spiro atoms. The van der Waals surface area contributed by atoms with E-state index in [0.717, 1.165) is 5.56 Å². The van der Waals surface area contributed by atoms with Crippen LogP contribution in [0.15, 0.2) is 53.5 Å². The molecule has 1 amide bonds. The SMILES string of the molecule is COc1ccc(OC)c(NC(=O)c2c(O)c3cnn(-c4cccc(C)c4)c3[nH]c2=O)c1. The summed E-state index contributed by atoms with van der Waals surface area (Å²) in [6.07, 6.45) is 1.39. The molecule has 4 rings (SSSR count). The Morgan fingerprint density at radius 1 is 1.16 bits per heavy atom. The third-order valence-electron chi connectivity index (χ3n) is 4.85. The number of nitrogens with zero attached hydrogens (tertiary/aromatic N) is 2. The van der Waals surface area contributed by atoms with Crippen LogP contribution < -0.4 is 20.3 Å². The first-order valence-corrected chi connectivity index (χ1v) is 9.36. The number of pyridine rings is 1. The summed E-state index contributed by atoms with van der Waals surface area (Å²) < 4.78 is 11.9. The van der Waals surface area contributed by atoms with E-state index in [9.17, 15) is 14.7 Å². The van der Waals surface area contributed by atoms with Crippen LogP contribution in [0.5, 0.6) is 17.2 Å². The number of aryl methyl sites for hydroxylation is 1. The van der Waals surface area contributed by atoms with E-state index in [1.54, 1.807) is 18.2 Å². The molecule has 0 aliphatic heterocycles. The number of amides is 1. The van der Waals surface area contributed by atoms with Gasteiger partial charge in [-0.3, -0.25) is 9.59 Å². The van der Waals surface area contributed by atoms with Gasteiger partial charge in [-0.15, -0.1) is 0 Å². The Hall–Kier alpha value is -4.27. The minimum absolute atomic E-state index is 0.240. The van der Waals surface area contributed by atoms with Crippen molar-refractivity contribution in [2.24, 2.45) is 0 Å². The summed E-state index contributed by atoms with van der Waals surface area (Å²) in [5.41, 5.74) is 1.11. The van der Waals surface area contributed by atoms with Gasteiger partial charge in [-0.2, -0.15) is 5.10 Å². The van der Waals surface area contributed by atoms with Crippen molar-refractivity contribution in [3.8, 4) is 22.9 Å². The molecule has 9 nitrogen and oxygen atoms in total. The lowest BCUT2D eigenvalue weighted by Gasteiger charge is -2.12. The van der Waals surface area contributed by atoms with Gasteiger partial charge in [0, 0.05) is 6.07 Å². The number of aromatic nitrogens is 3. The van der Waals surface area contributed by atoms with Crippen molar-refractivity contribution in [3.63, 3.8) is 0 Å². The number of carbonyl (C=O) groups excluding carboxylic acids is 1. The van der Waals surface area contributed by atoms with Crippen molar-refractivity contribution < 1.29 is 19.4 Å². The Morgan fingerprint density at radius 3 is 2.68 bits per heavy atom. The standard InChI is InChI=1S/C22H20N4O5/c1-12-5-4-6-13(9-12)26-20-15(11-23-26)19(27)18(22(29)25-20)21(28)24-16-10-14(30-2)7-8-17(16)31-3/h4-11H,1-3H3,(H,24,28)(H2,25,27,29). The molecular formula is C22H20N4O5. The number of rotatable bonds is 5. The van der Waals surface area contributed by atoms with Crippen LogP contribution in [0, 0.1) is 6.92 Å². The second kappa shape index (κ2) is 7.86. The van der Waals surface area contributed by atoms with Gasteiger partial charge in [0.15, 0.2) is 0 Å². The van der Waals surface area contributed by atoms with E-state index < -0.39 is 22.8 Å². The number of benzene rings is 2. The number of carbonyl (C=O) groups is 1. The van der Waals surface area contributed by atoms with Crippen molar-refractivity contribution in [3.05, 3.63) is 70.1 Å². The first kappa shape index (κ1) is 20.0. The minimum atomic E-state index is -0.796. The maximum atomic E-state index is 12.9. The van der Waals surface area contributed by atoms with Gasteiger partial charge >= 0.3 is 0 Å². The van der Waals surface area contributed by atoms with E-state index in [4.69, 9.17) is 9.47 Å². The number of aromatic hydroxyl groups is 1. The van der Waals surface area contributed by atoms with Gasteiger partial charge in [0.05, 0.1) is 37.2 Å². The lowest BCUT2D eigenvalue weighted by atomic mass is 10.1. The molecule has 0 radical (unpaired) electrons. The van der Waals surface area contributed by atoms with Crippen molar-refractivity contribution in [1.29, 1.82) is 0 Å². The maximum absolute atomic E-state index is 12.9. The molecule has 2 aromatic heterocycles. The molecule has 0 aliphatic rings. The molecule has 31 heavy (non-hydrogen) atoms. The van der Waals surface area contributed by atoms with Gasteiger partial charge in [0.2, 0.25) is 0 Å². The summed E-state index contributed by atoms with van der Waals surface area (Å²) in [7, 11) is 2.94. The van der Waals surface area contributed by atoms with Crippen LogP contribution in [0.1, 0.15) is 15.9 Å². The van der Waals surface area contributed by atoms with Crippen LogP contribution in [0.25, 0.3) is 16.7 Å². The molecular weight excluding hydrogens is 400 g/mol. The Labute approximate surface area is 176 Å². The predicted molar refractivity (Wildman–Crippen MR) is 116 cm³/mol. The fourth-order valence-electron chi connectivity index (χ4n) is 3.32. The van der Waals surface area contributed by atoms with Gasteiger partial charge in [0.25, 0.3) is 11.5 Å². The number of methoxy groups -OCH3 is 2. The average molecular weight is 420 g/mol. The molecule has 0 bridgehead atoms. The Balaban J connectivity index is 1.77. The monoisotopic (exact) mass is 420 g/mol. The molecule has 3 N–H and O–H groups in total. The molecule has 0 unspecified atom stereocenters. The Bertz CT molecular complexity index is 1360. The summed E-state index contributed by atoms with van der Waals surface area (Å²) in [6.45, 7) is 1.94. The van der Waals surface area contributed by atoms with Crippen molar-refractivity contribution in [2.75, 3.05) is 19.5 Å². The van der Waals surface area contributed by atoms with Gasteiger partial charge in [-0.1, -0.05) is 12.1 Å². The number of H-pyrrole nitrogens is 1. The van der Waals surface area contributed by atoms with Crippen molar-refractivity contribution in [2.45, 2.75) is 6.92 Å². The second-order valence-corrected chi connectivity index (χ2v) is 6.86. The van der Waals surface area contributed by atoms with E-state index in [0.29, 0.717) is 22.9 Å². The van der Waals surface area contributed by atoms with Crippen LogP contribution in [0.4, 0.5) is 5.69 Å². The predicted octanol–water partition coefficient (Wildman–Crippen LogP) is 3.00. The van der Waals surface area contributed by atoms with Crippen LogP contribution in [-0.4, -0.2) is 40.0 Å². The molecule has 9 heteroatoms. The first-order valence-electron chi connectivity index (χ1n) is 9.36. The van der Waals surface area contributed by atoms with E-state index >= 15 is 0 Å². The zero-order valence-corrected chi connectivity index (χ0v) is 17.1. The number of fused-ring (bicyclic) bond motifs is 1. The lowest BCUT2D eigenvalue weighted by Crippen LogP contribution is -2.24. The molecule has 2 aromatic carbocycles. The molecule has 0 fully saturated rings. The highest BCUT2D eigenvalue weighted by Gasteiger charge is 2.23. The Morgan fingerprint density at radius 2 is 1.97 bits per heavy atom. The fourth-order valence-corrected chi connectivity index (χ4v) is 3.32. The number of ether oxygens (including phenoxy) is 2. The molecule has 0 atom stereocenters. The normalized spacial score (nSPS) is 10.8. The Kier molecular flexibility index (Phi) is 5.08. The molecule has 0 aliphatic carbocycles. The van der Waals surface area contributed by atoms with Crippen LogP contribution in [0.2, 0.25) is 0 Å². The van der Waals surface area contributed by atoms with E-state index in [-0.39, 0.29) is 11.0 Å². The number of hydrogen-bond acceptors (Lipinski definition) is 6. The zero-order valence-electron chi connectivity index (χ0n) is 17.1. The highest BCUT2D eigenvalue weighted by Crippen LogP contribution is 2.31. The van der Waals surface area contributed by atoms with Crippen LogP contribution in [-0.2, 0) is 0 Å². The second-order valence-electron chi connectivity index (χ2n) is 6.86. The number of hydrogen-bond donors (Lipinski definition) is 3. The highest BCUT2D eigenvalue weighted by atomic mass is 16.5. The van der Waals surface area contributed by atoms with E-state index in [1.165, 1.54) is 25.1 Å². The summed E-state index contributed by atoms with van der Waals surface area (Å²) in [5, 5.41) is 17.8. The average Bonchev–Trinajstić information content (AvgIpc) is 3.17. The molecule has 0 saturated carbocycles. The quantitative estimate of drug-likeness (QED) is 0.457. The van der Waals surface area contributed by atoms with E-state index in [1.807, 2.05) is 31.2 Å². The summed E-state index contributed by atoms with van der Waals surface area (Å²) in [5.74, 6) is -0.393. The molecule has 158 valence electrons. The third kappa shape index (κ3) is 3.57. The largest absolute Gasteiger partial charge is 0.506 e. The molecule has 4 aromatic rings. The third-order valence-corrected chi connectivity index (χ3v) is 4.85.